The lowest BCUT2D eigenvalue weighted by Crippen LogP contribution is -2.42. The van der Waals surface area contributed by atoms with Crippen LogP contribution in [-0.4, -0.2) is 45.5 Å². The largest absolute Gasteiger partial charge is 0.351 e. The molecule has 0 aliphatic carbocycles. The summed E-state index contributed by atoms with van der Waals surface area (Å²) in [6, 6.07) is 6.58. The zero-order valence-corrected chi connectivity index (χ0v) is 17.8. The van der Waals surface area contributed by atoms with Gasteiger partial charge in [0.1, 0.15) is 6.33 Å². The van der Waals surface area contributed by atoms with Crippen molar-refractivity contribution in [2.45, 2.75) is 59.5 Å². The molecule has 2 rings (SSSR count). The topological polar surface area (TPSA) is 67.2 Å². The number of fused-ring (bicyclic) bond motifs is 1. The van der Waals surface area contributed by atoms with Crippen molar-refractivity contribution in [3.63, 3.8) is 0 Å². The van der Waals surface area contributed by atoms with E-state index >= 15 is 0 Å². The third-order valence-electron chi connectivity index (χ3n) is 4.86. The molecular formula is C22H32N4O2. The first-order valence-electron chi connectivity index (χ1n) is 9.93. The molecule has 0 aliphatic rings. The molecule has 0 unspecified atom stereocenters. The first-order chi connectivity index (χ1) is 13.2. The molecular weight excluding hydrogens is 352 g/mol. The van der Waals surface area contributed by atoms with Crippen LogP contribution in [0.4, 0.5) is 0 Å². The van der Waals surface area contributed by atoms with Gasteiger partial charge in [0, 0.05) is 37.4 Å². The normalized spacial score (nSPS) is 12.2. The van der Waals surface area contributed by atoms with Crippen molar-refractivity contribution in [2.24, 2.45) is 0 Å². The van der Waals surface area contributed by atoms with Gasteiger partial charge in [-0.25, -0.2) is 4.98 Å². The number of benzene rings is 1. The van der Waals surface area contributed by atoms with Crippen LogP contribution in [0.3, 0.4) is 0 Å². The van der Waals surface area contributed by atoms with Crippen molar-refractivity contribution in [2.75, 3.05) is 13.1 Å². The Morgan fingerprint density at radius 1 is 1.18 bits per heavy atom. The predicted octanol–water partition coefficient (Wildman–Crippen LogP) is 3.23. The summed E-state index contributed by atoms with van der Waals surface area (Å²) in [6.45, 7) is 14.1. The fourth-order valence-electron chi connectivity index (χ4n) is 3.25. The Labute approximate surface area is 167 Å². The molecule has 0 bridgehead atoms. The van der Waals surface area contributed by atoms with Gasteiger partial charge in [-0.2, -0.15) is 0 Å². The van der Waals surface area contributed by atoms with E-state index in [9.17, 15) is 9.59 Å². The standard InChI is InChI=1S/C22H32N4O2/c1-15(2)18-7-8-20-19(13-18)22(28)25(14-24-20)11-9-21(27)23-10-12-26(16(3)4)17(5)6/h7-9,11,13-17H,10,12H2,1-6H3,(H,23,27)/b11-9+. The second-order valence-electron chi connectivity index (χ2n) is 7.92. The van der Waals surface area contributed by atoms with Gasteiger partial charge >= 0.3 is 0 Å². The third kappa shape index (κ3) is 5.52. The highest BCUT2D eigenvalue weighted by atomic mass is 16.1. The van der Waals surface area contributed by atoms with E-state index in [1.54, 1.807) is 0 Å². The third-order valence-corrected chi connectivity index (χ3v) is 4.86. The summed E-state index contributed by atoms with van der Waals surface area (Å²) in [5.41, 5.74) is 1.57. The van der Waals surface area contributed by atoms with Crippen molar-refractivity contribution in [1.82, 2.24) is 19.8 Å². The van der Waals surface area contributed by atoms with E-state index in [0.29, 0.717) is 35.4 Å². The van der Waals surface area contributed by atoms with Crippen LogP contribution in [0.5, 0.6) is 0 Å². The maximum absolute atomic E-state index is 12.7. The molecule has 2 aromatic rings. The summed E-state index contributed by atoms with van der Waals surface area (Å²) in [5.74, 6) is 0.102. The van der Waals surface area contributed by atoms with Gasteiger partial charge in [-0.15, -0.1) is 0 Å². The summed E-state index contributed by atoms with van der Waals surface area (Å²) in [7, 11) is 0. The molecule has 152 valence electrons. The number of carbonyl (C=O) groups is 1. The summed E-state index contributed by atoms with van der Waals surface area (Å²) >= 11 is 0. The molecule has 28 heavy (non-hydrogen) atoms. The van der Waals surface area contributed by atoms with E-state index in [2.05, 4.69) is 56.7 Å². The molecule has 0 spiro atoms. The first kappa shape index (κ1) is 21.8. The molecule has 6 heteroatoms. The monoisotopic (exact) mass is 384 g/mol. The van der Waals surface area contributed by atoms with E-state index in [0.717, 1.165) is 12.1 Å². The molecule has 6 nitrogen and oxygen atoms in total. The van der Waals surface area contributed by atoms with E-state index in [-0.39, 0.29) is 11.5 Å². The Bertz CT molecular complexity index is 889. The molecule has 0 atom stereocenters. The van der Waals surface area contributed by atoms with E-state index in [1.807, 2.05) is 18.2 Å². The maximum Gasteiger partial charge on any atom is 0.265 e. The fraction of sp³-hybridized carbons (Fsp3) is 0.500. The van der Waals surface area contributed by atoms with Crippen LogP contribution >= 0.6 is 0 Å². The van der Waals surface area contributed by atoms with Crippen molar-refractivity contribution in [1.29, 1.82) is 0 Å². The summed E-state index contributed by atoms with van der Waals surface area (Å²) in [6.07, 6.45) is 4.29. The molecule has 1 N–H and O–H groups in total. The van der Waals surface area contributed by atoms with Crippen molar-refractivity contribution >= 4 is 23.0 Å². The van der Waals surface area contributed by atoms with Gasteiger partial charge in [0.2, 0.25) is 5.91 Å². The predicted molar refractivity (Wildman–Crippen MR) is 115 cm³/mol. The maximum atomic E-state index is 12.7. The van der Waals surface area contributed by atoms with Crippen LogP contribution < -0.4 is 10.9 Å². The SMILES string of the molecule is CC(C)c1ccc2ncn(/C=C/C(=O)NCCN(C(C)C)C(C)C)c(=O)c2c1. The van der Waals surface area contributed by atoms with Gasteiger partial charge in [0.25, 0.3) is 5.56 Å². The number of nitrogens with one attached hydrogen (secondary N) is 1. The van der Waals surface area contributed by atoms with Crippen LogP contribution in [0.15, 0.2) is 35.4 Å². The van der Waals surface area contributed by atoms with Crippen molar-refractivity contribution < 1.29 is 4.79 Å². The van der Waals surface area contributed by atoms with Crippen LogP contribution in [0.2, 0.25) is 0 Å². The molecule has 1 amide bonds. The average Bonchev–Trinajstić information content (AvgIpc) is 2.63. The molecule has 1 aromatic carbocycles. The van der Waals surface area contributed by atoms with Gasteiger partial charge in [0.15, 0.2) is 0 Å². The van der Waals surface area contributed by atoms with Crippen LogP contribution in [0.1, 0.15) is 53.0 Å². The Balaban J connectivity index is 2.07. The summed E-state index contributed by atoms with van der Waals surface area (Å²) in [5, 5.41) is 3.43. The number of hydrogen-bond donors (Lipinski definition) is 1. The first-order valence-corrected chi connectivity index (χ1v) is 9.93. The molecule has 1 aromatic heterocycles. The molecule has 0 radical (unpaired) electrons. The quantitative estimate of drug-likeness (QED) is 0.710. The fourth-order valence-corrected chi connectivity index (χ4v) is 3.25. The lowest BCUT2D eigenvalue weighted by Gasteiger charge is -2.30. The van der Waals surface area contributed by atoms with E-state index < -0.39 is 0 Å². The molecule has 0 aliphatic heterocycles. The van der Waals surface area contributed by atoms with E-state index in [4.69, 9.17) is 0 Å². The van der Waals surface area contributed by atoms with Crippen molar-refractivity contribution in [3.05, 3.63) is 46.5 Å². The second kappa shape index (κ2) is 9.64. The zero-order valence-electron chi connectivity index (χ0n) is 17.8. The molecule has 1 heterocycles. The Hall–Kier alpha value is -2.47. The highest BCUT2D eigenvalue weighted by molar-refractivity contribution is 5.90. The zero-order chi connectivity index (χ0) is 20.8. The van der Waals surface area contributed by atoms with Gasteiger partial charge in [-0.3, -0.25) is 19.1 Å². The van der Waals surface area contributed by atoms with Crippen LogP contribution in [-0.2, 0) is 4.79 Å². The lowest BCUT2D eigenvalue weighted by molar-refractivity contribution is -0.116. The molecule has 0 saturated heterocycles. The van der Waals surface area contributed by atoms with Crippen LogP contribution in [0, 0.1) is 0 Å². The summed E-state index contributed by atoms with van der Waals surface area (Å²) < 4.78 is 1.35. The van der Waals surface area contributed by atoms with Crippen LogP contribution in [0.25, 0.3) is 17.1 Å². The number of hydrogen-bond acceptors (Lipinski definition) is 4. The molecule has 0 saturated carbocycles. The average molecular weight is 385 g/mol. The smallest absolute Gasteiger partial charge is 0.265 e. The second-order valence-corrected chi connectivity index (χ2v) is 7.92. The van der Waals surface area contributed by atoms with Gasteiger partial charge in [-0.1, -0.05) is 19.9 Å². The summed E-state index contributed by atoms with van der Waals surface area (Å²) in [4.78, 5) is 31.4. The molecule has 0 fully saturated rings. The number of carbonyl (C=O) groups excluding carboxylic acids is 1. The highest BCUT2D eigenvalue weighted by Crippen LogP contribution is 2.17. The Morgan fingerprint density at radius 3 is 2.46 bits per heavy atom. The van der Waals surface area contributed by atoms with Gasteiger partial charge in [0.05, 0.1) is 10.9 Å². The number of nitrogens with zero attached hydrogens (tertiary/aromatic N) is 3. The lowest BCUT2D eigenvalue weighted by atomic mass is 10.0. The number of amides is 1. The van der Waals surface area contributed by atoms with E-state index in [1.165, 1.54) is 23.2 Å². The Morgan fingerprint density at radius 2 is 1.86 bits per heavy atom. The minimum Gasteiger partial charge on any atom is -0.351 e. The highest BCUT2D eigenvalue weighted by Gasteiger charge is 2.12. The van der Waals surface area contributed by atoms with Crippen molar-refractivity contribution in [3.8, 4) is 0 Å². The number of aromatic nitrogens is 2. The Kier molecular flexibility index (Phi) is 7.52. The minimum atomic E-state index is -0.226. The number of rotatable bonds is 8. The van der Waals surface area contributed by atoms with Gasteiger partial charge < -0.3 is 5.32 Å². The minimum absolute atomic E-state index is 0.178. The van der Waals surface area contributed by atoms with Gasteiger partial charge in [-0.05, 0) is 51.3 Å².